The molecule has 0 amide bonds. The summed E-state index contributed by atoms with van der Waals surface area (Å²) in [6, 6.07) is 17.5. The number of phenolic OH excluding ortho intramolecular Hbond substituents is 1. The van der Waals surface area contributed by atoms with Gasteiger partial charge in [-0.3, -0.25) is 4.79 Å². The molecule has 0 unspecified atom stereocenters. The van der Waals surface area contributed by atoms with Gasteiger partial charge in [0.25, 0.3) is 0 Å². The van der Waals surface area contributed by atoms with Gasteiger partial charge < -0.3 is 19.0 Å². The second-order valence-electron chi connectivity index (χ2n) is 6.47. The average Bonchev–Trinajstić information content (AvgIpc) is 3.13. The summed E-state index contributed by atoms with van der Waals surface area (Å²) in [5.74, 6) is 0.482. The van der Waals surface area contributed by atoms with Gasteiger partial charge in [0, 0.05) is 10.9 Å². The molecule has 0 saturated carbocycles. The van der Waals surface area contributed by atoms with Crippen molar-refractivity contribution in [3.05, 3.63) is 78.1 Å². The van der Waals surface area contributed by atoms with Crippen LogP contribution in [-0.4, -0.2) is 18.2 Å². The van der Waals surface area contributed by atoms with Crippen molar-refractivity contribution in [1.82, 2.24) is 0 Å². The number of furan rings is 1. The molecular formula is C23H17FO5. The minimum atomic E-state index is -0.442. The SMILES string of the molecule is COc1cc(-c2cc3cc(CC(=O)Oc4ccc(F)cc4)ccc3o2)ccc1O. The predicted molar refractivity (Wildman–Crippen MR) is 106 cm³/mol. The molecule has 3 aromatic carbocycles. The number of hydrogen-bond donors (Lipinski definition) is 1. The summed E-state index contributed by atoms with van der Waals surface area (Å²) >= 11 is 0. The fourth-order valence-corrected chi connectivity index (χ4v) is 3.01. The van der Waals surface area contributed by atoms with E-state index in [9.17, 15) is 14.3 Å². The molecule has 0 aliphatic heterocycles. The summed E-state index contributed by atoms with van der Waals surface area (Å²) in [6.45, 7) is 0. The van der Waals surface area contributed by atoms with Gasteiger partial charge in [-0.05, 0) is 66.2 Å². The van der Waals surface area contributed by atoms with E-state index in [1.165, 1.54) is 37.4 Å². The number of methoxy groups -OCH3 is 1. The lowest BCUT2D eigenvalue weighted by atomic mass is 10.1. The van der Waals surface area contributed by atoms with Crippen LogP contribution in [0.15, 0.2) is 71.1 Å². The summed E-state index contributed by atoms with van der Waals surface area (Å²) in [5.41, 5.74) is 2.19. The predicted octanol–water partition coefficient (Wildman–Crippen LogP) is 5.10. The number of fused-ring (bicyclic) bond motifs is 1. The monoisotopic (exact) mass is 392 g/mol. The molecule has 0 aliphatic carbocycles. The highest BCUT2D eigenvalue weighted by Gasteiger charge is 2.12. The number of hydrogen-bond acceptors (Lipinski definition) is 5. The highest BCUT2D eigenvalue weighted by atomic mass is 19.1. The number of esters is 1. The van der Waals surface area contributed by atoms with Crippen LogP contribution in [0, 0.1) is 5.82 Å². The topological polar surface area (TPSA) is 68.9 Å². The van der Waals surface area contributed by atoms with Crippen LogP contribution in [0.4, 0.5) is 4.39 Å². The molecule has 1 heterocycles. The molecule has 0 radical (unpaired) electrons. The average molecular weight is 392 g/mol. The Kier molecular flexibility index (Phi) is 4.91. The van der Waals surface area contributed by atoms with Crippen LogP contribution in [-0.2, 0) is 11.2 Å². The van der Waals surface area contributed by atoms with E-state index in [0.717, 1.165) is 16.5 Å². The first-order valence-corrected chi connectivity index (χ1v) is 8.88. The van der Waals surface area contributed by atoms with Crippen molar-refractivity contribution in [3.63, 3.8) is 0 Å². The number of ether oxygens (including phenoxy) is 2. The van der Waals surface area contributed by atoms with Crippen LogP contribution in [0.3, 0.4) is 0 Å². The Balaban J connectivity index is 1.53. The van der Waals surface area contributed by atoms with Gasteiger partial charge in [0.15, 0.2) is 11.5 Å². The molecule has 4 aromatic rings. The van der Waals surface area contributed by atoms with E-state index in [1.54, 1.807) is 24.3 Å². The van der Waals surface area contributed by atoms with Crippen LogP contribution < -0.4 is 9.47 Å². The smallest absolute Gasteiger partial charge is 0.315 e. The van der Waals surface area contributed by atoms with Gasteiger partial charge in [0.2, 0.25) is 0 Å². The third-order valence-corrected chi connectivity index (χ3v) is 4.44. The summed E-state index contributed by atoms with van der Waals surface area (Å²) in [7, 11) is 1.48. The molecule has 4 rings (SSSR count). The number of aromatic hydroxyl groups is 1. The first-order chi connectivity index (χ1) is 14.0. The maximum atomic E-state index is 12.9. The van der Waals surface area contributed by atoms with Crippen LogP contribution in [0.25, 0.3) is 22.3 Å². The van der Waals surface area contributed by atoms with Crippen LogP contribution in [0.5, 0.6) is 17.2 Å². The molecule has 1 aromatic heterocycles. The van der Waals surface area contributed by atoms with E-state index < -0.39 is 11.8 Å². The molecule has 146 valence electrons. The lowest BCUT2D eigenvalue weighted by Gasteiger charge is -2.04. The second kappa shape index (κ2) is 7.67. The van der Waals surface area contributed by atoms with Crippen molar-refractivity contribution < 1.29 is 28.2 Å². The van der Waals surface area contributed by atoms with Crippen LogP contribution >= 0.6 is 0 Å². The number of benzene rings is 3. The Morgan fingerprint density at radius 3 is 2.59 bits per heavy atom. The quantitative estimate of drug-likeness (QED) is 0.378. The summed E-state index contributed by atoms with van der Waals surface area (Å²) in [4.78, 5) is 12.2. The van der Waals surface area contributed by atoms with E-state index >= 15 is 0 Å². The highest BCUT2D eigenvalue weighted by molar-refractivity contribution is 5.85. The highest BCUT2D eigenvalue weighted by Crippen LogP contribution is 2.34. The van der Waals surface area contributed by atoms with Crippen molar-refractivity contribution in [2.24, 2.45) is 0 Å². The lowest BCUT2D eigenvalue weighted by Crippen LogP contribution is -2.11. The van der Waals surface area contributed by atoms with Crippen molar-refractivity contribution in [3.8, 4) is 28.6 Å². The molecule has 29 heavy (non-hydrogen) atoms. The Morgan fingerprint density at radius 2 is 1.83 bits per heavy atom. The Labute approximate surface area is 165 Å². The molecular weight excluding hydrogens is 375 g/mol. The summed E-state index contributed by atoms with van der Waals surface area (Å²) in [5, 5.41) is 10.6. The van der Waals surface area contributed by atoms with Crippen molar-refractivity contribution in [2.75, 3.05) is 7.11 Å². The molecule has 0 fully saturated rings. The standard InChI is InChI=1S/C23H17FO5/c1-27-22-12-15(3-8-19(22)25)21-13-16-10-14(2-9-20(16)29-21)11-23(26)28-18-6-4-17(24)5-7-18/h2-10,12-13,25H,11H2,1H3. The van der Waals surface area contributed by atoms with E-state index in [4.69, 9.17) is 13.9 Å². The van der Waals surface area contributed by atoms with Crippen molar-refractivity contribution in [1.29, 1.82) is 0 Å². The van der Waals surface area contributed by atoms with Gasteiger partial charge in [-0.1, -0.05) is 6.07 Å². The van der Waals surface area contributed by atoms with E-state index in [1.807, 2.05) is 12.1 Å². The van der Waals surface area contributed by atoms with Crippen LogP contribution in [0.1, 0.15) is 5.56 Å². The normalized spacial score (nSPS) is 10.8. The number of carbonyl (C=O) groups excluding carboxylic acids is 1. The van der Waals surface area contributed by atoms with Gasteiger partial charge in [-0.2, -0.15) is 0 Å². The molecule has 0 bridgehead atoms. The number of rotatable bonds is 5. The third-order valence-electron chi connectivity index (χ3n) is 4.44. The van der Waals surface area contributed by atoms with Gasteiger partial charge in [0.1, 0.15) is 22.9 Å². The Bertz CT molecular complexity index is 1180. The zero-order chi connectivity index (χ0) is 20.4. The Hall–Kier alpha value is -3.80. The molecule has 0 spiro atoms. The third kappa shape index (κ3) is 4.06. The zero-order valence-electron chi connectivity index (χ0n) is 15.5. The molecule has 1 N–H and O–H groups in total. The fourth-order valence-electron chi connectivity index (χ4n) is 3.01. The number of halogens is 1. The maximum Gasteiger partial charge on any atom is 0.315 e. The fraction of sp³-hybridized carbons (Fsp3) is 0.0870. The largest absolute Gasteiger partial charge is 0.504 e. The van der Waals surface area contributed by atoms with E-state index in [0.29, 0.717) is 22.8 Å². The molecule has 6 heteroatoms. The lowest BCUT2D eigenvalue weighted by molar-refractivity contribution is -0.133. The van der Waals surface area contributed by atoms with Gasteiger partial charge in [0.05, 0.1) is 13.5 Å². The van der Waals surface area contributed by atoms with Gasteiger partial charge >= 0.3 is 5.97 Å². The van der Waals surface area contributed by atoms with Gasteiger partial charge in [-0.15, -0.1) is 0 Å². The van der Waals surface area contributed by atoms with E-state index in [2.05, 4.69) is 0 Å². The first kappa shape index (κ1) is 18.6. The van der Waals surface area contributed by atoms with E-state index in [-0.39, 0.29) is 12.2 Å². The summed E-state index contributed by atoms with van der Waals surface area (Å²) in [6.07, 6.45) is 0.0703. The van der Waals surface area contributed by atoms with Crippen molar-refractivity contribution in [2.45, 2.75) is 6.42 Å². The van der Waals surface area contributed by atoms with Gasteiger partial charge in [-0.25, -0.2) is 4.39 Å². The molecule has 0 aliphatic rings. The van der Waals surface area contributed by atoms with Crippen molar-refractivity contribution >= 4 is 16.9 Å². The first-order valence-electron chi connectivity index (χ1n) is 8.88. The minimum absolute atomic E-state index is 0.0503. The zero-order valence-corrected chi connectivity index (χ0v) is 15.5. The van der Waals surface area contributed by atoms with Crippen LogP contribution in [0.2, 0.25) is 0 Å². The molecule has 0 saturated heterocycles. The maximum absolute atomic E-state index is 12.9. The minimum Gasteiger partial charge on any atom is -0.504 e. The second-order valence-corrected chi connectivity index (χ2v) is 6.47. The Morgan fingerprint density at radius 1 is 1.03 bits per heavy atom. The molecule has 5 nitrogen and oxygen atoms in total. The summed E-state index contributed by atoms with van der Waals surface area (Å²) < 4.78 is 29.2. The number of carbonyl (C=O) groups is 1. The number of phenols is 1. The molecule has 0 atom stereocenters.